The number of ether oxygens (including phenoxy) is 1. The van der Waals surface area contributed by atoms with E-state index in [-0.39, 0.29) is 12.4 Å². The number of esters is 1. The van der Waals surface area contributed by atoms with Crippen LogP contribution in [0.15, 0.2) is 52.3 Å². The van der Waals surface area contributed by atoms with Gasteiger partial charge in [0.2, 0.25) is 0 Å². The van der Waals surface area contributed by atoms with Gasteiger partial charge in [-0.3, -0.25) is 4.79 Å². The number of carbonyl (C=O) groups excluding carboxylic acids is 1. The van der Waals surface area contributed by atoms with Gasteiger partial charge in [0.15, 0.2) is 0 Å². The lowest BCUT2D eigenvalue weighted by atomic mass is 10.1. The predicted molar refractivity (Wildman–Crippen MR) is 108 cm³/mol. The molecule has 4 heteroatoms. The van der Waals surface area contributed by atoms with E-state index in [0.29, 0.717) is 11.6 Å². The van der Waals surface area contributed by atoms with Gasteiger partial charge in [-0.2, -0.15) is 0 Å². The standard InChI is InChI=1S/C17H17ClO2S.C4H10/c1-3-20-17(19)10-13-7-8-15(11-16(13)18)21-14-6-4-5-12(2)9-14;1-3-4-2/h4-9,11H,3,10H2,1-2H3;3-4H2,1-2H3. The smallest absolute Gasteiger partial charge is 0.310 e. The first-order valence-corrected chi connectivity index (χ1v) is 9.88. The van der Waals surface area contributed by atoms with Crippen molar-refractivity contribution in [3.8, 4) is 0 Å². The third-order valence-electron chi connectivity index (χ3n) is 3.39. The van der Waals surface area contributed by atoms with E-state index in [2.05, 4.69) is 39.0 Å². The maximum Gasteiger partial charge on any atom is 0.310 e. The number of aryl methyl sites for hydroxylation is 1. The Balaban J connectivity index is 0.000000705. The van der Waals surface area contributed by atoms with Gasteiger partial charge in [-0.1, -0.05) is 73.8 Å². The first-order valence-electron chi connectivity index (χ1n) is 8.68. The molecule has 0 N–H and O–H groups in total. The minimum absolute atomic E-state index is 0.210. The fraction of sp³-hybridized carbons (Fsp3) is 0.381. The van der Waals surface area contributed by atoms with Gasteiger partial charge < -0.3 is 4.74 Å². The van der Waals surface area contributed by atoms with E-state index in [0.717, 1.165) is 10.5 Å². The summed E-state index contributed by atoms with van der Waals surface area (Å²) in [5.41, 5.74) is 2.02. The number of carbonyl (C=O) groups is 1. The molecule has 0 amide bonds. The Morgan fingerprint density at radius 2 is 1.72 bits per heavy atom. The number of hydrogen-bond acceptors (Lipinski definition) is 3. The fourth-order valence-electron chi connectivity index (χ4n) is 1.92. The molecule has 25 heavy (non-hydrogen) atoms. The van der Waals surface area contributed by atoms with E-state index in [1.54, 1.807) is 18.7 Å². The normalized spacial score (nSPS) is 9.96. The average molecular weight is 379 g/mol. The molecule has 2 aromatic carbocycles. The van der Waals surface area contributed by atoms with Crippen molar-refractivity contribution in [2.75, 3.05) is 6.61 Å². The van der Waals surface area contributed by atoms with Gasteiger partial charge in [0, 0.05) is 14.8 Å². The second kappa shape index (κ2) is 12.0. The summed E-state index contributed by atoms with van der Waals surface area (Å²) in [5.74, 6) is -0.251. The third kappa shape index (κ3) is 8.46. The Morgan fingerprint density at radius 3 is 2.28 bits per heavy atom. The van der Waals surface area contributed by atoms with Crippen LogP contribution in [0.4, 0.5) is 0 Å². The van der Waals surface area contributed by atoms with E-state index in [9.17, 15) is 4.79 Å². The maximum atomic E-state index is 11.5. The minimum atomic E-state index is -0.251. The van der Waals surface area contributed by atoms with Crippen LogP contribution in [0.2, 0.25) is 5.02 Å². The molecule has 0 heterocycles. The summed E-state index contributed by atoms with van der Waals surface area (Å²) in [6.45, 7) is 8.61. The van der Waals surface area contributed by atoms with E-state index in [1.165, 1.54) is 23.3 Å². The molecule has 0 fully saturated rings. The van der Waals surface area contributed by atoms with E-state index >= 15 is 0 Å². The lowest BCUT2D eigenvalue weighted by molar-refractivity contribution is -0.142. The summed E-state index contributed by atoms with van der Waals surface area (Å²) in [7, 11) is 0. The highest BCUT2D eigenvalue weighted by atomic mass is 35.5. The Kier molecular flexibility index (Phi) is 10.4. The predicted octanol–water partition coefficient (Wildman–Crippen LogP) is 6.71. The molecular formula is C21H27ClO2S. The molecule has 2 rings (SSSR count). The molecule has 0 aromatic heterocycles. The SMILES string of the molecule is CCCC.CCOC(=O)Cc1ccc(Sc2cccc(C)c2)cc1Cl. The minimum Gasteiger partial charge on any atom is -0.466 e. The largest absolute Gasteiger partial charge is 0.466 e. The molecule has 0 aliphatic carbocycles. The van der Waals surface area contributed by atoms with Gasteiger partial charge in [-0.15, -0.1) is 0 Å². The molecule has 0 aliphatic heterocycles. The Bertz CT molecular complexity index is 669. The van der Waals surface area contributed by atoms with E-state index in [1.807, 2.05) is 24.3 Å². The van der Waals surface area contributed by atoms with Crippen molar-refractivity contribution in [2.24, 2.45) is 0 Å². The van der Waals surface area contributed by atoms with Gasteiger partial charge in [0.05, 0.1) is 13.0 Å². The summed E-state index contributed by atoms with van der Waals surface area (Å²) in [4.78, 5) is 13.7. The number of hydrogen-bond donors (Lipinski definition) is 0. The van der Waals surface area contributed by atoms with Crippen molar-refractivity contribution >= 4 is 29.3 Å². The zero-order chi connectivity index (χ0) is 18.7. The van der Waals surface area contributed by atoms with Crippen molar-refractivity contribution in [3.05, 3.63) is 58.6 Å². The first-order chi connectivity index (χ1) is 12.0. The van der Waals surface area contributed by atoms with Gasteiger partial charge in [0.1, 0.15) is 0 Å². The second-order valence-electron chi connectivity index (χ2n) is 5.65. The van der Waals surface area contributed by atoms with E-state index < -0.39 is 0 Å². The summed E-state index contributed by atoms with van der Waals surface area (Å²) in [6.07, 6.45) is 2.85. The van der Waals surface area contributed by atoms with Crippen LogP contribution >= 0.6 is 23.4 Å². The van der Waals surface area contributed by atoms with Crippen LogP contribution in [0.5, 0.6) is 0 Å². The zero-order valence-corrected chi connectivity index (χ0v) is 17.0. The molecule has 0 aliphatic rings. The summed E-state index contributed by atoms with van der Waals surface area (Å²) in [5, 5.41) is 0.598. The first kappa shape index (κ1) is 21.6. The molecule has 0 radical (unpaired) electrons. The summed E-state index contributed by atoms with van der Waals surface area (Å²) < 4.78 is 4.94. The van der Waals surface area contributed by atoms with Crippen molar-refractivity contribution in [2.45, 2.75) is 56.7 Å². The Hall–Kier alpha value is -1.45. The highest BCUT2D eigenvalue weighted by Crippen LogP contribution is 2.31. The zero-order valence-electron chi connectivity index (χ0n) is 15.5. The molecule has 136 valence electrons. The van der Waals surface area contributed by atoms with E-state index in [4.69, 9.17) is 16.3 Å². The molecule has 2 aromatic rings. The van der Waals surface area contributed by atoms with Gasteiger partial charge in [-0.25, -0.2) is 0 Å². The molecule has 2 nitrogen and oxygen atoms in total. The van der Waals surface area contributed by atoms with Crippen molar-refractivity contribution in [3.63, 3.8) is 0 Å². The van der Waals surface area contributed by atoms with Crippen LogP contribution < -0.4 is 0 Å². The highest BCUT2D eigenvalue weighted by molar-refractivity contribution is 7.99. The number of benzene rings is 2. The molecule has 0 bridgehead atoms. The lowest BCUT2D eigenvalue weighted by Crippen LogP contribution is -2.07. The lowest BCUT2D eigenvalue weighted by Gasteiger charge is -2.07. The molecule has 0 saturated heterocycles. The average Bonchev–Trinajstić information content (AvgIpc) is 2.58. The molecule has 0 saturated carbocycles. The van der Waals surface area contributed by atoms with Crippen molar-refractivity contribution < 1.29 is 9.53 Å². The maximum absolute atomic E-state index is 11.5. The Labute approximate surface area is 160 Å². The fourth-order valence-corrected chi connectivity index (χ4v) is 3.21. The van der Waals surface area contributed by atoms with Gasteiger partial charge >= 0.3 is 5.97 Å². The van der Waals surface area contributed by atoms with Crippen molar-refractivity contribution in [1.29, 1.82) is 0 Å². The number of halogens is 1. The monoisotopic (exact) mass is 378 g/mol. The van der Waals surface area contributed by atoms with Crippen LogP contribution in [0.1, 0.15) is 44.7 Å². The van der Waals surface area contributed by atoms with Crippen LogP contribution in [-0.4, -0.2) is 12.6 Å². The number of rotatable bonds is 6. The summed E-state index contributed by atoms with van der Waals surface area (Å²) in [6, 6.07) is 14.1. The topological polar surface area (TPSA) is 26.3 Å². The van der Waals surface area contributed by atoms with Crippen LogP contribution in [0.3, 0.4) is 0 Å². The molecule has 0 spiro atoms. The molecule has 0 atom stereocenters. The third-order valence-corrected chi connectivity index (χ3v) is 4.72. The van der Waals surface area contributed by atoms with Crippen molar-refractivity contribution in [1.82, 2.24) is 0 Å². The van der Waals surface area contributed by atoms with Gasteiger partial charge in [-0.05, 0) is 43.7 Å². The summed E-state index contributed by atoms with van der Waals surface area (Å²) >= 11 is 7.90. The Morgan fingerprint density at radius 1 is 1.04 bits per heavy atom. The second-order valence-corrected chi connectivity index (χ2v) is 7.21. The highest BCUT2D eigenvalue weighted by Gasteiger charge is 2.09. The quantitative estimate of drug-likeness (QED) is 0.522. The van der Waals surface area contributed by atoms with Crippen LogP contribution in [-0.2, 0) is 16.0 Å². The van der Waals surface area contributed by atoms with Gasteiger partial charge in [0.25, 0.3) is 0 Å². The van der Waals surface area contributed by atoms with Crippen LogP contribution in [0, 0.1) is 6.92 Å². The molecule has 0 unspecified atom stereocenters. The molecular weight excluding hydrogens is 352 g/mol. The van der Waals surface area contributed by atoms with Crippen LogP contribution in [0.25, 0.3) is 0 Å². The number of unbranched alkanes of at least 4 members (excludes halogenated alkanes) is 1.